The van der Waals surface area contributed by atoms with Crippen molar-refractivity contribution in [3.05, 3.63) is 95.7 Å². The Morgan fingerprint density at radius 2 is 1.62 bits per heavy atom. The fourth-order valence-corrected chi connectivity index (χ4v) is 7.44. The number of aromatic amines is 1. The zero-order valence-electron chi connectivity index (χ0n) is 25.6. The summed E-state index contributed by atoms with van der Waals surface area (Å²) in [5, 5.41) is 1.27. The highest BCUT2D eigenvalue weighted by Gasteiger charge is 2.44. The molecule has 0 spiro atoms. The van der Waals surface area contributed by atoms with Crippen molar-refractivity contribution >= 4 is 17.0 Å². The molecule has 0 radical (unpaired) electrons. The lowest BCUT2D eigenvalue weighted by atomic mass is 9.64. The quantitative estimate of drug-likeness (QED) is 0.254. The number of H-pyrrole nitrogens is 1. The minimum Gasteiger partial charge on any atom is -0.457 e. The van der Waals surface area contributed by atoms with Gasteiger partial charge < -0.3 is 14.5 Å². The first-order chi connectivity index (χ1) is 20.2. The van der Waals surface area contributed by atoms with Crippen LogP contribution in [0.2, 0.25) is 0 Å². The van der Waals surface area contributed by atoms with Gasteiger partial charge in [0.05, 0.1) is 6.04 Å². The van der Waals surface area contributed by atoms with Crippen LogP contribution in [-0.4, -0.2) is 28.6 Å². The highest BCUT2D eigenvalue weighted by atomic mass is 16.6. The lowest BCUT2D eigenvalue weighted by molar-refractivity contribution is -0.0268. The molecule has 1 aromatic heterocycles. The molecule has 4 atom stereocenters. The zero-order chi connectivity index (χ0) is 29.4. The number of hydrogen-bond acceptors (Lipinski definition) is 3. The van der Waals surface area contributed by atoms with E-state index in [4.69, 9.17) is 9.47 Å². The fourth-order valence-electron chi connectivity index (χ4n) is 7.44. The van der Waals surface area contributed by atoms with E-state index in [-0.39, 0.29) is 35.5 Å². The maximum Gasteiger partial charge on any atom is 0.410 e. The van der Waals surface area contributed by atoms with Crippen LogP contribution in [0.4, 0.5) is 4.79 Å². The van der Waals surface area contributed by atoms with Gasteiger partial charge in [0.2, 0.25) is 0 Å². The van der Waals surface area contributed by atoms with Gasteiger partial charge in [-0.2, -0.15) is 0 Å². The van der Waals surface area contributed by atoms with E-state index >= 15 is 0 Å². The molecule has 1 amide bonds. The normalized spacial score (nSPS) is 22.7. The summed E-state index contributed by atoms with van der Waals surface area (Å²) in [5.74, 6) is 2.67. The summed E-state index contributed by atoms with van der Waals surface area (Å²) in [6.07, 6.45) is 3.61. The summed E-state index contributed by atoms with van der Waals surface area (Å²) in [7, 11) is 0. The Bertz CT molecular complexity index is 1520. The number of fused-ring (bicyclic) bond motifs is 3. The van der Waals surface area contributed by atoms with Crippen molar-refractivity contribution < 1.29 is 14.3 Å². The second-order valence-electron chi connectivity index (χ2n) is 13.3. The molecule has 1 saturated carbocycles. The SMILES string of the molecule is CC(C)[C@@H]1c2[nH]c3ccccc3c2CCN1C(=O)O[C@@H]1C[C@H](C)CC[C@H]1C(C)(C)c1ccc(Oc2ccccc2)cc1. The highest BCUT2D eigenvalue weighted by molar-refractivity contribution is 5.85. The van der Waals surface area contributed by atoms with E-state index < -0.39 is 0 Å². The second kappa shape index (κ2) is 11.5. The van der Waals surface area contributed by atoms with E-state index in [0.717, 1.165) is 42.7 Å². The van der Waals surface area contributed by atoms with Gasteiger partial charge in [0, 0.05) is 29.1 Å². The molecule has 2 heterocycles. The summed E-state index contributed by atoms with van der Waals surface area (Å²) in [6.45, 7) is 12.0. The third-order valence-corrected chi connectivity index (χ3v) is 9.76. The first-order valence-corrected chi connectivity index (χ1v) is 15.6. The number of hydrogen-bond donors (Lipinski definition) is 1. The van der Waals surface area contributed by atoms with Crippen LogP contribution in [-0.2, 0) is 16.6 Å². The van der Waals surface area contributed by atoms with E-state index in [1.165, 1.54) is 22.2 Å². The van der Waals surface area contributed by atoms with Gasteiger partial charge in [0.15, 0.2) is 0 Å². The first kappa shape index (κ1) is 28.4. The maximum atomic E-state index is 14.0. The van der Waals surface area contributed by atoms with E-state index in [1.54, 1.807) is 0 Å². The smallest absolute Gasteiger partial charge is 0.410 e. The number of aromatic nitrogens is 1. The lowest BCUT2D eigenvalue weighted by Crippen LogP contribution is -2.48. The van der Waals surface area contributed by atoms with Crippen LogP contribution in [0.1, 0.15) is 76.7 Å². The molecule has 1 aliphatic carbocycles. The molecule has 220 valence electrons. The monoisotopic (exact) mass is 564 g/mol. The Morgan fingerprint density at radius 1 is 0.929 bits per heavy atom. The van der Waals surface area contributed by atoms with Crippen LogP contribution in [0.25, 0.3) is 10.9 Å². The largest absolute Gasteiger partial charge is 0.457 e. The van der Waals surface area contributed by atoms with Gasteiger partial charge in [-0.05, 0) is 78.0 Å². The summed E-state index contributed by atoms with van der Waals surface area (Å²) in [6, 6.07) is 26.8. The van der Waals surface area contributed by atoms with Gasteiger partial charge >= 0.3 is 6.09 Å². The predicted octanol–water partition coefficient (Wildman–Crippen LogP) is 9.43. The summed E-state index contributed by atoms with van der Waals surface area (Å²) >= 11 is 0. The predicted molar refractivity (Wildman–Crippen MR) is 169 cm³/mol. The van der Waals surface area contributed by atoms with E-state index in [9.17, 15) is 4.79 Å². The van der Waals surface area contributed by atoms with Crippen molar-refractivity contribution in [2.75, 3.05) is 6.54 Å². The van der Waals surface area contributed by atoms with Crippen molar-refractivity contribution in [3.8, 4) is 11.5 Å². The third kappa shape index (κ3) is 5.42. The van der Waals surface area contributed by atoms with E-state index in [1.807, 2.05) is 35.2 Å². The van der Waals surface area contributed by atoms with Crippen molar-refractivity contribution in [2.24, 2.45) is 17.8 Å². The summed E-state index contributed by atoms with van der Waals surface area (Å²) < 4.78 is 12.6. The molecule has 1 aliphatic heterocycles. The second-order valence-corrected chi connectivity index (χ2v) is 13.3. The van der Waals surface area contributed by atoms with E-state index in [0.29, 0.717) is 12.5 Å². The molecule has 0 unspecified atom stereocenters. The number of benzene rings is 3. The molecule has 3 aromatic carbocycles. The van der Waals surface area contributed by atoms with Crippen molar-refractivity contribution in [1.82, 2.24) is 9.88 Å². The standard InChI is InChI=1S/C37H44N2O3/c1-24(2)35-34-30(29-13-9-10-14-32(29)38-34)21-22-39(35)36(40)42-33-23-25(3)15-20-31(33)37(4,5)26-16-18-28(19-17-26)41-27-11-7-6-8-12-27/h6-14,16-19,24-25,31,33,35,38H,15,20-23H2,1-5H3/t25-,31-,33-,35-/m1/s1. The Balaban J connectivity index is 1.22. The molecular formula is C37H44N2O3. The molecule has 4 aromatic rings. The molecule has 5 nitrogen and oxygen atoms in total. The van der Waals surface area contributed by atoms with Crippen molar-refractivity contribution in [1.29, 1.82) is 0 Å². The molecule has 5 heteroatoms. The summed E-state index contributed by atoms with van der Waals surface area (Å²) in [5.41, 5.74) is 4.73. The van der Waals surface area contributed by atoms with Crippen LogP contribution < -0.4 is 4.74 Å². The third-order valence-electron chi connectivity index (χ3n) is 9.76. The number of nitrogens with zero attached hydrogens (tertiary/aromatic N) is 1. The molecule has 2 aliphatic rings. The molecule has 0 bridgehead atoms. The van der Waals surface area contributed by atoms with Crippen molar-refractivity contribution in [2.45, 2.75) is 77.9 Å². The molecule has 1 N–H and O–H groups in total. The number of para-hydroxylation sites is 2. The molecule has 1 fully saturated rings. The molecule has 42 heavy (non-hydrogen) atoms. The van der Waals surface area contributed by atoms with Gasteiger partial charge in [-0.25, -0.2) is 4.79 Å². The molecular weight excluding hydrogens is 520 g/mol. The molecule has 0 saturated heterocycles. The topological polar surface area (TPSA) is 54.6 Å². The number of carbonyl (C=O) groups excluding carboxylic acids is 1. The van der Waals surface area contributed by atoms with Gasteiger partial charge in [-0.15, -0.1) is 0 Å². The number of nitrogens with one attached hydrogen (secondary N) is 1. The van der Waals surface area contributed by atoms with Gasteiger partial charge in [-0.1, -0.05) is 89.6 Å². The number of ether oxygens (including phenoxy) is 2. The first-order valence-electron chi connectivity index (χ1n) is 15.6. The van der Waals surface area contributed by atoms with Crippen molar-refractivity contribution in [3.63, 3.8) is 0 Å². The van der Waals surface area contributed by atoms with Crippen LogP contribution in [0, 0.1) is 17.8 Å². The number of rotatable bonds is 6. The van der Waals surface area contributed by atoms with Gasteiger partial charge in [-0.3, -0.25) is 4.90 Å². The maximum absolute atomic E-state index is 14.0. The van der Waals surface area contributed by atoms with Gasteiger partial charge in [0.25, 0.3) is 0 Å². The fraction of sp³-hybridized carbons (Fsp3) is 0.432. The Kier molecular flexibility index (Phi) is 7.78. The summed E-state index contributed by atoms with van der Waals surface area (Å²) in [4.78, 5) is 19.7. The van der Waals surface area contributed by atoms with Crippen LogP contribution in [0.5, 0.6) is 11.5 Å². The Morgan fingerprint density at radius 3 is 2.36 bits per heavy atom. The minimum atomic E-state index is -0.176. The lowest BCUT2D eigenvalue weighted by Gasteiger charge is -2.45. The van der Waals surface area contributed by atoms with E-state index in [2.05, 4.69) is 88.1 Å². The minimum absolute atomic E-state index is 0.0294. The highest BCUT2D eigenvalue weighted by Crippen LogP contribution is 2.45. The molecule has 6 rings (SSSR count). The number of carbonyl (C=O) groups is 1. The average Bonchev–Trinajstić information content (AvgIpc) is 3.36. The Labute approximate surface area is 250 Å². The average molecular weight is 565 g/mol. The van der Waals surface area contributed by atoms with Gasteiger partial charge in [0.1, 0.15) is 17.6 Å². The van der Waals surface area contributed by atoms with Crippen LogP contribution in [0.3, 0.4) is 0 Å². The van der Waals surface area contributed by atoms with Crippen LogP contribution in [0.15, 0.2) is 78.9 Å². The van der Waals surface area contributed by atoms with Crippen LogP contribution >= 0.6 is 0 Å². The Hall–Kier alpha value is -3.73. The zero-order valence-corrected chi connectivity index (χ0v) is 25.6. The number of amides is 1.